The van der Waals surface area contributed by atoms with Gasteiger partial charge in [-0.1, -0.05) is 13.8 Å². The third-order valence-electron chi connectivity index (χ3n) is 2.10. The number of hydrogen-bond donors (Lipinski definition) is 1. The number of aliphatic hydroxyl groups excluding tert-OH is 1. The second kappa shape index (κ2) is 4.92. The Kier molecular flexibility index (Phi) is 3.83. The standard InChI is InChI=1S/C10H15N2O/c1-3-9-8(5-6-13)10(4-2)12-7-11-9/h13H,3-6H2,1-2H3. The Balaban J connectivity index is 3.05. The van der Waals surface area contributed by atoms with E-state index in [0.717, 1.165) is 29.8 Å². The molecular weight excluding hydrogens is 164 g/mol. The van der Waals surface area contributed by atoms with Gasteiger partial charge >= 0.3 is 0 Å². The van der Waals surface area contributed by atoms with E-state index in [1.165, 1.54) is 0 Å². The average molecular weight is 179 g/mol. The highest BCUT2D eigenvalue weighted by Crippen LogP contribution is 2.11. The molecule has 0 aliphatic rings. The fraction of sp³-hybridized carbons (Fsp3) is 0.600. The Labute approximate surface area is 78.9 Å². The van der Waals surface area contributed by atoms with Crippen molar-refractivity contribution in [2.24, 2.45) is 0 Å². The molecule has 1 heterocycles. The van der Waals surface area contributed by atoms with Gasteiger partial charge in [0.25, 0.3) is 0 Å². The molecule has 0 spiro atoms. The number of aromatic nitrogens is 2. The van der Waals surface area contributed by atoms with Gasteiger partial charge in [-0.2, -0.15) is 0 Å². The van der Waals surface area contributed by atoms with Crippen molar-refractivity contribution in [1.29, 1.82) is 0 Å². The normalized spacial score (nSPS) is 10.4. The average Bonchev–Trinajstić information content (AvgIpc) is 2.18. The Hall–Kier alpha value is -0.960. The van der Waals surface area contributed by atoms with E-state index in [1.807, 2.05) is 0 Å². The number of rotatable bonds is 4. The number of aliphatic hydroxyl groups is 1. The number of hydrogen-bond acceptors (Lipinski definition) is 3. The molecule has 3 nitrogen and oxygen atoms in total. The molecule has 0 bridgehead atoms. The van der Waals surface area contributed by atoms with Crippen LogP contribution >= 0.6 is 0 Å². The second-order valence-corrected chi connectivity index (χ2v) is 2.88. The predicted octanol–water partition coefficient (Wildman–Crippen LogP) is 0.936. The summed E-state index contributed by atoms with van der Waals surface area (Å²) in [6, 6.07) is 0. The molecule has 0 aliphatic heterocycles. The second-order valence-electron chi connectivity index (χ2n) is 2.88. The highest BCUT2D eigenvalue weighted by molar-refractivity contribution is 5.24. The van der Waals surface area contributed by atoms with Gasteiger partial charge in [-0.05, 0) is 24.8 Å². The Morgan fingerprint density at radius 1 is 1.15 bits per heavy atom. The first-order valence-electron chi connectivity index (χ1n) is 4.69. The first-order chi connectivity index (χ1) is 6.33. The highest BCUT2D eigenvalue weighted by Gasteiger charge is 2.07. The zero-order valence-electron chi connectivity index (χ0n) is 8.17. The number of aryl methyl sites for hydroxylation is 2. The lowest BCUT2D eigenvalue weighted by Gasteiger charge is -2.08. The van der Waals surface area contributed by atoms with Crippen LogP contribution in [0, 0.1) is 6.33 Å². The molecule has 0 aliphatic carbocycles. The van der Waals surface area contributed by atoms with Crippen LogP contribution in [0.2, 0.25) is 0 Å². The van der Waals surface area contributed by atoms with E-state index in [2.05, 4.69) is 30.1 Å². The molecule has 0 amide bonds. The van der Waals surface area contributed by atoms with E-state index in [0.29, 0.717) is 6.42 Å². The number of nitrogens with zero attached hydrogens (tertiary/aromatic N) is 2. The van der Waals surface area contributed by atoms with E-state index in [9.17, 15) is 0 Å². The van der Waals surface area contributed by atoms with E-state index < -0.39 is 0 Å². The minimum absolute atomic E-state index is 0.160. The van der Waals surface area contributed by atoms with Crippen molar-refractivity contribution in [2.45, 2.75) is 33.1 Å². The fourth-order valence-corrected chi connectivity index (χ4v) is 1.43. The molecule has 1 N–H and O–H groups in total. The van der Waals surface area contributed by atoms with Gasteiger partial charge in [0, 0.05) is 18.0 Å². The van der Waals surface area contributed by atoms with Crippen LogP contribution in [0.5, 0.6) is 0 Å². The Bertz CT molecular complexity index is 251. The van der Waals surface area contributed by atoms with Crippen LogP contribution in [0.3, 0.4) is 0 Å². The van der Waals surface area contributed by atoms with Crippen LogP contribution in [0.25, 0.3) is 0 Å². The van der Waals surface area contributed by atoms with Crippen molar-refractivity contribution in [1.82, 2.24) is 9.97 Å². The van der Waals surface area contributed by atoms with Gasteiger partial charge < -0.3 is 5.11 Å². The van der Waals surface area contributed by atoms with E-state index in [4.69, 9.17) is 5.11 Å². The van der Waals surface area contributed by atoms with Crippen molar-refractivity contribution < 1.29 is 5.11 Å². The van der Waals surface area contributed by atoms with Gasteiger partial charge in [-0.15, -0.1) is 0 Å². The zero-order chi connectivity index (χ0) is 9.68. The predicted molar refractivity (Wildman–Crippen MR) is 50.4 cm³/mol. The van der Waals surface area contributed by atoms with Crippen molar-refractivity contribution >= 4 is 0 Å². The summed E-state index contributed by atoms with van der Waals surface area (Å²) in [5.41, 5.74) is 3.13. The van der Waals surface area contributed by atoms with Gasteiger partial charge in [0.05, 0.1) is 0 Å². The lowest BCUT2D eigenvalue weighted by Crippen LogP contribution is -2.06. The van der Waals surface area contributed by atoms with Crippen LogP contribution in [-0.2, 0) is 19.3 Å². The minimum Gasteiger partial charge on any atom is -0.396 e. The lowest BCUT2D eigenvalue weighted by molar-refractivity contribution is 0.298. The van der Waals surface area contributed by atoms with Gasteiger partial charge in [-0.25, -0.2) is 9.97 Å². The van der Waals surface area contributed by atoms with E-state index in [1.54, 1.807) is 0 Å². The summed E-state index contributed by atoms with van der Waals surface area (Å²) in [7, 11) is 0. The minimum atomic E-state index is 0.160. The van der Waals surface area contributed by atoms with Crippen LogP contribution in [0.1, 0.15) is 30.8 Å². The summed E-state index contributed by atoms with van der Waals surface area (Å²) in [5, 5.41) is 8.89. The molecule has 1 radical (unpaired) electrons. The van der Waals surface area contributed by atoms with E-state index >= 15 is 0 Å². The summed E-state index contributed by atoms with van der Waals surface area (Å²) >= 11 is 0. The summed E-state index contributed by atoms with van der Waals surface area (Å²) < 4.78 is 0. The zero-order valence-corrected chi connectivity index (χ0v) is 8.17. The molecular formula is C10H15N2O. The Morgan fingerprint density at radius 3 is 2.08 bits per heavy atom. The summed E-state index contributed by atoms with van der Waals surface area (Å²) in [4.78, 5) is 8.15. The molecule has 1 rings (SSSR count). The maximum atomic E-state index is 8.89. The fourth-order valence-electron chi connectivity index (χ4n) is 1.43. The molecule has 3 heteroatoms. The van der Waals surface area contributed by atoms with Gasteiger partial charge in [0.1, 0.15) is 0 Å². The molecule has 71 valence electrons. The topological polar surface area (TPSA) is 46.0 Å². The summed E-state index contributed by atoms with van der Waals surface area (Å²) in [5.74, 6) is 0. The van der Waals surface area contributed by atoms with Gasteiger partial charge in [0.2, 0.25) is 0 Å². The molecule has 0 unspecified atom stereocenters. The largest absolute Gasteiger partial charge is 0.396 e. The lowest BCUT2D eigenvalue weighted by atomic mass is 10.1. The molecule has 1 aromatic heterocycles. The van der Waals surface area contributed by atoms with Crippen molar-refractivity contribution in [3.63, 3.8) is 0 Å². The van der Waals surface area contributed by atoms with Crippen LogP contribution < -0.4 is 0 Å². The SMILES string of the molecule is CCc1n[c]nc(CC)c1CCO. The maximum Gasteiger partial charge on any atom is 0.198 e. The first kappa shape index (κ1) is 10.1. The smallest absolute Gasteiger partial charge is 0.198 e. The first-order valence-corrected chi connectivity index (χ1v) is 4.69. The molecule has 0 saturated heterocycles. The van der Waals surface area contributed by atoms with Crippen molar-refractivity contribution in [2.75, 3.05) is 6.61 Å². The summed E-state index contributed by atoms with van der Waals surface area (Å²) in [6.45, 7) is 4.26. The quantitative estimate of drug-likeness (QED) is 0.748. The molecule has 0 atom stereocenters. The van der Waals surface area contributed by atoms with Crippen molar-refractivity contribution in [3.05, 3.63) is 23.3 Å². The van der Waals surface area contributed by atoms with Gasteiger partial charge in [-0.3, -0.25) is 0 Å². The van der Waals surface area contributed by atoms with Crippen LogP contribution in [-0.4, -0.2) is 21.7 Å². The molecule has 0 aromatic carbocycles. The molecule has 0 saturated carbocycles. The third kappa shape index (κ3) is 2.25. The third-order valence-corrected chi connectivity index (χ3v) is 2.10. The monoisotopic (exact) mass is 179 g/mol. The molecule has 0 fully saturated rings. The molecule has 1 aromatic rings. The van der Waals surface area contributed by atoms with Crippen molar-refractivity contribution in [3.8, 4) is 0 Å². The highest BCUT2D eigenvalue weighted by atomic mass is 16.2. The van der Waals surface area contributed by atoms with Gasteiger partial charge in [0.15, 0.2) is 6.33 Å². The Morgan fingerprint density at radius 2 is 1.69 bits per heavy atom. The van der Waals surface area contributed by atoms with Crippen LogP contribution in [0.15, 0.2) is 0 Å². The van der Waals surface area contributed by atoms with E-state index in [-0.39, 0.29) is 6.61 Å². The molecule has 13 heavy (non-hydrogen) atoms. The van der Waals surface area contributed by atoms with Crippen LogP contribution in [0.4, 0.5) is 0 Å². The maximum absolute atomic E-state index is 8.89. The summed E-state index contributed by atoms with van der Waals surface area (Å²) in [6.07, 6.45) is 5.06.